The Balaban J connectivity index is 1.76. The first-order valence-corrected chi connectivity index (χ1v) is 8.46. The first-order chi connectivity index (χ1) is 10.5. The number of hydrogen-bond donors (Lipinski definition) is 2. The molecule has 0 unspecified atom stereocenters. The Morgan fingerprint density at radius 1 is 1.14 bits per heavy atom. The van der Waals surface area contributed by atoms with Crippen LogP contribution in [0.4, 0.5) is 4.79 Å². The quantitative estimate of drug-likeness (QED) is 0.834. The highest BCUT2D eigenvalue weighted by Gasteiger charge is 2.21. The van der Waals surface area contributed by atoms with Crippen LogP contribution in [0.5, 0.6) is 0 Å². The average molecular weight is 316 g/mol. The second kappa shape index (κ2) is 7.45. The van der Waals surface area contributed by atoms with E-state index in [1.165, 1.54) is 16.0 Å². The van der Waals surface area contributed by atoms with Crippen molar-refractivity contribution >= 4 is 17.4 Å². The molecular formula is C18H24N2OS. The van der Waals surface area contributed by atoms with E-state index in [1.807, 2.05) is 6.07 Å². The minimum absolute atomic E-state index is 0.0845. The Morgan fingerprint density at radius 3 is 2.50 bits per heavy atom. The Bertz CT molecular complexity index is 588. The fourth-order valence-corrected chi connectivity index (χ4v) is 2.93. The van der Waals surface area contributed by atoms with E-state index in [-0.39, 0.29) is 11.4 Å². The van der Waals surface area contributed by atoms with Gasteiger partial charge in [-0.25, -0.2) is 4.79 Å². The van der Waals surface area contributed by atoms with Gasteiger partial charge in [0.1, 0.15) is 0 Å². The molecule has 0 spiro atoms. The lowest BCUT2D eigenvalue weighted by atomic mass is 9.84. The number of carbonyl (C=O) groups is 1. The number of carbonyl (C=O) groups excluding carboxylic acids is 1. The standard InChI is InChI=1S/C18H24N2OS/c1-14-6-8-15(9-7-14)18(2,3)13-20-17(21)19-11-10-16-5-4-12-22-16/h4-9,12H,10-11,13H2,1-3H3,(H2,19,20,21). The number of rotatable bonds is 6. The molecule has 2 aromatic rings. The van der Waals surface area contributed by atoms with Crippen molar-refractivity contribution in [3.8, 4) is 0 Å². The molecule has 118 valence electrons. The van der Waals surface area contributed by atoms with Gasteiger partial charge in [0.2, 0.25) is 0 Å². The van der Waals surface area contributed by atoms with Crippen LogP contribution in [0.15, 0.2) is 41.8 Å². The zero-order valence-electron chi connectivity index (χ0n) is 13.5. The van der Waals surface area contributed by atoms with Crippen molar-refractivity contribution in [1.29, 1.82) is 0 Å². The first kappa shape index (κ1) is 16.6. The largest absolute Gasteiger partial charge is 0.338 e. The molecule has 2 rings (SSSR count). The number of thiophene rings is 1. The number of urea groups is 1. The maximum Gasteiger partial charge on any atom is 0.314 e. The summed E-state index contributed by atoms with van der Waals surface area (Å²) in [6.45, 7) is 7.64. The molecule has 2 N–H and O–H groups in total. The number of benzene rings is 1. The van der Waals surface area contributed by atoms with Crippen molar-refractivity contribution in [2.45, 2.75) is 32.6 Å². The minimum Gasteiger partial charge on any atom is -0.338 e. The maximum atomic E-state index is 11.9. The van der Waals surface area contributed by atoms with Gasteiger partial charge in [0, 0.05) is 23.4 Å². The summed E-state index contributed by atoms with van der Waals surface area (Å²) in [6.07, 6.45) is 0.881. The predicted molar refractivity (Wildman–Crippen MR) is 93.6 cm³/mol. The summed E-state index contributed by atoms with van der Waals surface area (Å²) in [7, 11) is 0. The molecule has 0 radical (unpaired) electrons. The molecule has 0 saturated carbocycles. The van der Waals surface area contributed by atoms with Crippen LogP contribution in [0.2, 0.25) is 0 Å². The summed E-state index contributed by atoms with van der Waals surface area (Å²) in [5.74, 6) is 0. The molecule has 0 aliphatic rings. The van der Waals surface area contributed by atoms with E-state index in [0.29, 0.717) is 13.1 Å². The molecule has 0 fully saturated rings. The van der Waals surface area contributed by atoms with Gasteiger partial charge in [0.05, 0.1) is 0 Å². The van der Waals surface area contributed by atoms with Crippen LogP contribution < -0.4 is 10.6 Å². The molecule has 3 nitrogen and oxygen atoms in total. The van der Waals surface area contributed by atoms with Crippen LogP contribution in [0.25, 0.3) is 0 Å². The van der Waals surface area contributed by atoms with Gasteiger partial charge >= 0.3 is 6.03 Å². The van der Waals surface area contributed by atoms with Crippen molar-refractivity contribution in [2.75, 3.05) is 13.1 Å². The predicted octanol–water partition coefficient (Wildman–Crippen LogP) is 3.88. The lowest BCUT2D eigenvalue weighted by molar-refractivity contribution is 0.238. The summed E-state index contributed by atoms with van der Waals surface area (Å²) >= 11 is 1.72. The van der Waals surface area contributed by atoms with E-state index in [1.54, 1.807) is 11.3 Å². The van der Waals surface area contributed by atoms with Crippen LogP contribution in [0.3, 0.4) is 0 Å². The van der Waals surface area contributed by atoms with E-state index < -0.39 is 0 Å². The highest BCUT2D eigenvalue weighted by molar-refractivity contribution is 7.09. The van der Waals surface area contributed by atoms with Crippen molar-refractivity contribution in [3.05, 3.63) is 57.8 Å². The number of hydrogen-bond acceptors (Lipinski definition) is 2. The molecular weight excluding hydrogens is 292 g/mol. The summed E-state index contributed by atoms with van der Waals surface area (Å²) in [6, 6.07) is 12.5. The van der Waals surface area contributed by atoms with Crippen molar-refractivity contribution in [3.63, 3.8) is 0 Å². The highest BCUT2D eigenvalue weighted by Crippen LogP contribution is 2.22. The molecule has 1 aromatic carbocycles. The molecule has 0 aliphatic carbocycles. The molecule has 2 amide bonds. The molecule has 22 heavy (non-hydrogen) atoms. The number of amides is 2. The first-order valence-electron chi connectivity index (χ1n) is 7.58. The minimum atomic E-state index is -0.100. The fourth-order valence-electron chi connectivity index (χ4n) is 2.22. The van der Waals surface area contributed by atoms with Crippen molar-refractivity contribution in [2.24, 2.45) is 0 Å². The normalized spacial score (nSPS) is 11.2. The van der Waals surface area contributed by atoms with E-state index in [4.69, 9.17) is 0 Å². The lowest BCUT2D eigenvalue weighted by Gasteiger charge is -2.26. The van der Waals surface area contributed by atoms with Crippen molar-refractivity contribution < 1.29 is 4.79 Å². The summed E-state index contributed by atoms with van der Waals surface area (Å²) in [4.78, 5) is 13.2. The zero-order chi connectivity index (χ0) is 16.0. The monoisotopic (exact) mass is 316 g/mol. The Labute approximate surface area is 136 Å². The molecule has 0 aliphatic heterocycles. The molecule has 0 atom stereocenters. The lowest BCUT2D eigenvalue weighted by Crippen LogP contribution is -2.42. The number of aryl methyl sites for hydroxylation is 1. The van der Waals surface area contributed by atoms with Gasteiger partial charge in [0.15, 0.2) is 0 Å². The van der Waals surface area contributed by atoms with E-state index in [2.05, 4.69) is 67.1 Å². The third-order valence-electron chi connectivity index (χ3n) is 3.76. The van der Waals surface area contributed by atoms with Crippen LogP contribution in [-0.2, 0) is 11.8 Å². The van der Waals surface area contributed by atoms with Gasteiger partial charge in [-0.05, 0) is 30.4 Å². The smallest absolute Gasteiger partial charge is 0.314 e. The van der Waals surface area contributed by atoms with Crippen LogP contribution in [-0.4, -0.2) is 19.1 Å². The van der Waals surface area contributed by atoms with E-state index in [0.717, 1.165) is 6.42 Å². The second-order valence-corrected chi connectivity index (χ2v) is 7.22. The summed E-state index contributed by atoms with van der Waals surface area (Å²) in [5, 5.41) is 7.94. The van der Waals surface area contributed by atoms with Gasteiger partial charge < -0.3 is 10.6 Å². The Morgan fingerprint density at radius 2 is 1.86 bits per heavy atom. The summed E-state index contributed by atoms with van der Waals surface area (Å²) < 4.78 is 0. The molecule has 4 heteroatoms. The van der Waals surface area contributed by atoms with Crippen molar-refractivity contribution in [1.82, 2.24) is 10.6 Å². The highest BCUT2D eigenvalue weighted by atomic mass is 32.1. The Hall–Kier alpha value is -1.81. The second-order valence-electron chi connectivity index (χ2n) is 6.19. The average Bonchev–Trinajstić information content (AvgIpc) is 2.99. The number of nitrogens with one attached hydrogen (secondary N) is 2. The molecule has 0 saturated heterocycles. The van der Waals surface area contributed by atoms with Crippen LogP contribution >= 0.6 is 11.3 Å². The maximum absolute atomic E-state index is 11.9. The topological polar surface area (TPSA) is 41.1 Å². The van der Waals surface area contributed by atoms with Gasteiger partial charge in [-0.3, -0.25) is 0 Å². The Kier molecular flexibility index (Phi) is 5.61. The third-order valence-corrected chi connectivity index (χ3v) is 4.70. The third kappa shape index (κ3) is 4.88. The van der Waals surface area contributed by atoms with Gasteiger partial charge in [-0.15, -0.1) is 11.3 Å². The summed E-state index contributed by atoms with van der Waals surface area (Å²) in [5.41, 5.74) is 2.40. The fraction of sp³-hybridized carbons (Fsp3) is 0.389. The van der Waals surface area contributed by atoms with E-state index in [9.17, 15) is 4.79 Å². The van der Waals surface area contributed by atoms with Gasteiger partial charge in [0.25, 0.3) is 0 Å². The molecule has 0 bridgehead atoms. The van der Waals surface area contributed by atoms with E-state index >= 15 is 0 Å². The molecule has 1 aromatic heterocycles. The zero-order valence-corrected chi connectivity index (χ0v) is 14.3. The van der Waals surface area contributed by atoms with Gasteiger partial charge in [-0.1, -0.05) is 49.7 Å². The van der Waals surface area contributed by atoms with Crippen LogP contribution in [0, 0.1) is 6.92 Å². The van der Waals surface area contributed by atoms with Crippen LogP contribution in [0.1, 0.15) is 29.9 Å². The SMILES string of the molecule is Cc1ccc(C(C)(C)CNC(=O)NCCc2cccs2)cc1. The molecule has 1 heterocycles. The van der Waals surface area contributed by atoms with Gasteiger partial charge in [-0.2, -0.15) is 0 Å².